The first-order chi connectivity index (χ1) is 14.3. The molecule has 0 unspecified atom stereocenters. The zero-order valence-electron chi connectivity index (χ0n) is 16.0. The summed E-state index contributed by atoms with van der Waals surface area (Å²) >= 11 is 0. The lowest BCUT2D eigenvalue weighted by Gasteiger charge is -2.10. The van der Waals surface area contributed by atoms with E-state index in [2.05, 4.69) is 5.16 Å². The van der Waals surface area contributed by atoms with Crippen LogP contribution >= 0.6 is 0 Å². The minimum absolute atomic E-state index is 0.0188. The van der Waals surface area contributed by atoms with Gasteiger partial charge >= 0.3 is 12.1 Å². The van der Waals surface area contributed by atoms with Gasteiger partial charge in [0.25, 0.3) is 0 Å². The molecule has 0 atom stereocenters. The highest BCUT2D eigenvalue weighted by molar-refractivity contribution is 5.99. The molecule has 1 heterocycles. The van der Waals surface area contributed by atoms with Crippen LogP contribution in [-0.2, 0) is 29.0 Å². The van der Waals surface area contributed by atoms with Gasteiger partial charge in [-0.05, 0) is 42.8 Å². The van der Waals surface area contributed by atoms with Crippen molar-refractivity contribution in [1.29, 1.82) is 0 Å². The largest absolute Gasteiger partial charge is 0.489 e. The van der Waals surface area contributed by atoms with E-state index in [0.717, 1.165) is 23.0 Å². The fourth-order valence-electron chi connectivity index (χ4n) is 2.95. The molecule has 0 saturated heterocycles. The van der Waals surface area contributed by atoms with Crippen LogP contribution in [-0.4, -0.2) is 28.5 Å². The first kappa shape index (κ1) is 21.2. The monoisotopic (exact) mass is 420 g/mol. The molecule has 0 spiro atoms. The number of nitrogens with zero attached hydrogens (tertiary/aromatic N) is 2. The average molecular weight is 420 g/mol. The third-order valence-electron chi connectivity index (χ3n) is 4.34. The number of hydrogen-bond donors (Lipinski definition) is 1. The molecule has 0 saturated carbocycles. The van der Waals surface area contributed by atoms with Crippen LogP contribution in [0.4, 0.5) is 13.2 Å². The summed E-state index contributed by atoms with van der Waals surface area (Å²) in [6.07, 6.45) is -1.15. The Bertz CT molecular complexity index is 1070. The van der Waals surface area contributed by atoms with Gasteiger partial charge in [0.1, 0.15) is 12.4 Å². The Morgan fingerprint density at radius 1 is 1.23 bits per heavy atom. The Balaban J connectivity index is 1.80. The molecule has 3 rings (SSSR count). The molecule has 30 heavy (non-hydrogen) atoms. The summed E-state index contributed by atoms with van der Waals surface area (Å²) in [6, 6.07) is 10.3. The van der Waals surface area contributed by atoms with E-state index in [1.807, 2.05) is 23.8 Å². The molecule has 0 fully saturated rings. The first-order valence-corrected chi connectivity index (χ1v) is 9.07. The van der Waals surface area contributed by atoms with Gasteiger partial charge in [-0.2, -0.15) is 13.2 Å². The summed E-state index contributed by atoms with van der Waals surface area (Å²) in [5.74, 6) is -0.650. The number of hydrogen-bond acceptors (Lipinski definition) is 4. The summed E-state index contributed by atoms with van der Waals surface area (Å²) < 4.78 is 46.2. The molecule has 1 N–H and O–H groups in total. The average Bonchev–Trinajstić information content (AvgIpc) is 3.06. The fraction of sp³-hybridized carbons (Fsp3) is 0.238. The Kier molecular flexibility index (Phi) is 6.29. The van der Waals surface area contributed by atoms with Crippen LogP contribution in [0.25, 0.3) is 10.9 Å². The van der Waals surface area contributed by atoms with Crippen molar-refractivity contribution in [3.05, 3.63) is 65.4 Å². The SMILES string of the molecule is CCn1cc(C=NOCC(=O)O)c2cc(OCc3cccc(C(F)(F)F)c3)ccc21. The van der Waals surface area contributed by atoms with Crippen LogP contribution < -0.4 is 4.74 Å². The zero-order valence-corrected chi connectivity index (χ0v) is 16.0. The van der Waals surface area contributed by atoms with Crippen LogP contribution in [0, 0.1) is 0 Å². The number of oxime groups is 1. The van der Waals surface area contributed by atoms with Gasteiger partial charge in [-0.3, -0.25) is 0 Å². The van der Waals surface area contributed by atoms with Gasteiger partial charge in [0.2, 0.25) is 6.61 Å². The molecule has 0 radical (unpaired) electrons. The lowest BCUT2D eigenvalue weighted by atomic mass is 10.1. The molecule has 2 aromatic carbocycles. The van der Waals surface area contributed by atoms with Crippen LogP contribution in [0.2, 0.25) is 0 Å². The van der Waals surface area contributed by atoms with Gasteiger partial charge in [-0.25, -0.2) is 4.79 Å². The Morgan fingerprint density at radius 3 is 2.73 bits per heavy atom. The highest BCUT2D eigenvalue weighted by Crippen LogP contribution is 2.30. The number of rotatable bonds is 8. The lowest BCUT2D eigenvalue weighted by molar-refractivity contribution is -0.142. The number of aliphatic carboxylic acids is 1. The van der Waals surface area contributed by atoms with E-state index in [0.29, 0.717) is 23.4 Å². The summed E-state index contributed by atoms with van der Waals surface area (Å²) in [5, 5.41) is 13.1. The number of carbonyl (C=O) groups is 1. The third kappa shape index (κ3) is 5.11. The summed E-state index contributed by atoms with van der Waals surface area (Å²) in [5.41, 5.74) is 1.28. The number of carboxylic acid groups (broad SMARTS) is 1. The molecule has 9 heteroatoms. The van der Waals surface area contributed by atoms with Crippen molar-refractivity contribution in [2.24, 2.45) is 5.16 Å². The van der Waals surface area contributed by atoms with E-state index in [4.69, 9.17) is 14.7 Å². The van der Waals surface area contributed by atoms with Crippen molar-refractivity contribution >= 4 is 23.1 Å². The van der Waals surface area contributed by atoms with Gasteiger partial charge in [0.05, 0.1) is 11.8 Å². The standard InChI is InChI=1S/C21H19F3N2O4/c1-2-26-11-15(10-25-30-13-20(27)28)18-9-17(6-7-19(18)26)29-12-14-4-3-5-16(8-14)21(22,23)24/h3-11H,2,12-13H2,1H3,(H,27,28). The Hall–Kier alpha value is -3.49. The van der Waals surface area contributed by atoms with Crippen molar-refractivity contribution in [1.82, 2.24) is 4.57 Å². The van der Waals surface area contributed by atoms with Gasteiger partial charge in [-0.1, -0.05) is 17.3 Å². The van der Waals surface area contributed by atoms with E-state index in [-0.39, 0.29) is 6.61 Å². The quantitative estimate of drug-likeness (QED) is 0.424. The summed E-state index contributed by atoms with van der Waals surface area (Å²) in [6.45, 7) is 2.10. The maximum absolute atomic E-state index is 12.9. The normalized spacial score (nSPS) is 11.9. The molecule has 0 aliphatic carbocycles. The number of aromatic nitrogens is 1. The third-order valence-corrected chi connectivity index (χ3v) is 4.34. The number of halogens is 3. The maximum atomic E-state index is 12.9. The molecular formula is C21H19F3N2O4. The number of benzene rings is 2. The minimum Gasteiger partial charge on any atom is -0.489 e. The second-order valence-electron chi connectivity index (χ2n) is 6.44. The number of carboxylic acids is 1. The second-order valence-corrected chi connectivity index (χ2v) is 6.44. The van der Waals surface area contributed by atoms with Crippen LogP contribution in [0.15, 0.2) is 53.8 Å². The molecule has 6 nitrogen and oxygen atoms in total. The molecular weight excluding hydrogens is 401 g/mol. The zero-order chi connectivity index (χ0) is 21.7. The van der Waals surface area contributed by atoms with E-state index < -0.39 is 24.3 Å². The highest BCUT2D eigenvalue weighted by Gasteiger charge is 2.30. The van der Waals surface area contributed by atoms with Crippen LogP contribution in [0.3, 0.4) is 0 Å². The Labute approximate surface area is 170 Å². The molecule has 0 bridgehead atoms. The van der Waals surface area contributed by atoms with Crippen LogP contribution in [0.5, 0.6) is 5.75 Å². The topological polar surface area (TPSA) is 73.1 Å². The first-order valence-electron chi connectivity index (χ1n) is 9.07. The van der Waals surface area contributed by atoms with E-state index >= 15 is 0 Å². The number of aryl methyl sites for hydroxylation is 1. The van der Waals surface area contributed by atoms with Gasteiger partial charge in [-0.15, -0.1) is 0 Å². The van der Waals surface area contributed by atoms with Crippen molar-refractivity contribution in [2.75, 3.05) is 6.61 Å². The highest BCUT2D eigenvalue weighted by atomic mass is 19.4. The Morgan fingerprint density at radius 2 is 2.03 bits per heavy atom. The molecule has 0 aliphatic heterocycles. The smallest absolute Gasteiger partial charge is 0.416 e. The number of ether oxygens (including phenoxy) is 1. The van der Waals surface area contributed by atoms with Crippen molar-refractivity contribution in [3.63, 3.8) is 0 Å². The summed E-state index contributed by atoms with van der Waals surface area (Å²) in [7, 11) is 0. The minimum atomic E-state index is -4.41. The fourth-order valence-corrected chi connectivity index (χ4v) is 2.95. The predicted octanol–water partition coefficient (Wildman–Crippen LogP) is 4.69. The van der Waals surface area contributed by atoms with Gasteiger partial charge < -0.3 is 19.2 Å². The van der Waals surface area contributed by atoms with Crippen molar-refractivity contribution in [2.45, 2.75) is 26.3 Å². The van der Waals surface area contributed by atoms with E-state index in [1.165, 1.54) is 12.3 Å². The maximum Gasteiger partial charge on any atom is 0.416 e. The van der Waals surface area contributed by atoms with Crippen molar-refractivity contribution in [3.8, 4) is 5.75 Å². The molecule has 3 aromatic rings. The number of alkyl halides is 3. The lowest BCUT2D eigenvalue weighted by Crippen LogP contribution is -2.06. The van der Waals surface area contributed by atoms with Gasteiger partial charge in [0.15, 0.2) is 0 Å². The van der Waals surface area contributed by atoms with Gasteiger partial charge in [0, 0.05) is 29.2 Å². The molecule has 1 aromatic heterocycles. The second kappa shape index (κ2) is 8.89. The van der Waals surface area contributed by atoms with E-state index in [1.54, 1.807) is 18.2 Å². The van der Waals surface area contributed by atoms with E-state index in [9.17, 15) is 18.0 Å². The molecule has 0 aliphatic rings. The van der Waals surface area contributed by atoms with Crippen LogP contribution in [0.1, 0.15) is 23.6 Å². The number of fused-ring (bicyclic) bond motifs is 1. The predicted molar refractivity (Wildman–Crippen MR) is 105 cm³/mol. The molecule has 0 amide bonds. The molecule has 158 valence electrons. The van der Waals surface area contributed by atoms with Crippen molar-refractivity contribution < 1.29 is 32.6 Å². The summed E-state index contributed by atoms with van der Waals surface area (Å²) in [4.78, 5) is 15.2.